The van der Waals surface area contributed by atoms with Crippen molar-refractivity contribution in [2.75, 3.05) is 0 Å². The SMILES string of the molecule is c1ccc(-n2c3ccccc3c3ccc(-c4ccc5cc(-c6cc7ccccc7c7c6-c6ccccc6C7(c6ccccc6)c6ccccc6)ccc5c4)cc32)cc1. The number of hydrogen-bond acceptors (Lipinski definition) is 0. The second-order valence-electron chi connectivity index (χ2n) is 15.6. The van der Waals surface area contributed by atoms with E-state index in [0.29, 0.717) is 0 Å². The van der Waals surface area contributed by atoms with E-state index < -0.39 is 5.41 Å². The van der Waals surface area contributed by atoms with Gasteiger partial charge in [-0.3, -0.25) is 0 Å². The van der Waals surface area contributed by atoms with E-state index in [0.717, 1.165) is 0 Å². The second kappa shape index (κ2) is 12.8. The van der Waals surface area contributed by atoms with Crippen molar-refractivity contribution in [2.45, 2.75) is 5.41 Å². The maximum Gasteiger partial charge on any atom is 0.0719 e. The van der Waals surface area contributed by atoms with Crippen LogP contribution < -0.4 is 0 Å². The van der Waals surface area contributed by atoms with Crippen LogP contribution in [0.4, 0.5) is 0 Å². The zero-order valence-corrected chi connectivity index (χ0v) is 31.8. The Morgan fingerprint density at radius 1 is 0.328 bits per heavy atom. The molecule has 11 aromatic rings. The summed E-state index contributed by atoms with van der Waals surface area (Å²) in [6.07, 6.45) is 0. The van der Waals surface area contributed by atoms with Crippen LogP contribution in [-0.4, -0.2) is 4.57 Å². The smallest absolute Gasteiger partial charge is 0.0719 e. The molecule has 1 aliphatic carbocycles. The van der Waals surface area contributed by atoms with Gasteiger partial charge in [-0.25, -0.2) is 0 Å². The molecule has 58 heavy (non-hydrogen) atoms. The third-order valence-corrected chi connectivity index (χ3v) is 12.6. The van der Waals surface area contributed by atoms with Crippen LogP contribution in [0.15, 0.2) is 224 Å². The van der Waals surface area contributed by atoms with Crippen molar-refractivity contribution < 1.29 is 0 Å². The first-order valence-electron chi connectivity index (χ1n) is 20.2. The maximum atomic E-state index is 2.42. The van der Waals surface area contributed by atoms with Gasteiger partial charge in [-0.2, -0.15) is 0 Å². The highest BCUT2D eigenvalue weighted by Crippen LogP contribution is 2.60. The van der Waals surface area contributed by atoms with Crippen molar-refractivity contribution in [2.24, 2.45) is 0 Å². The second-order valence-corrected chi connectivity index (χ2v) is 15.6. The van der Waals surface area contributed by atoms with E-state index in [1.165, 1.54) is 105 Å². The van der Waals surface area contributed by atoms with Crippen LogP contribution in [0.3, 0.4) is 0 Å². The van der Waals surface area contributed by atoms with Crippen molar-refractivity contribution in [3.8, 4) is 39.1 Å². The molecule has 0 atom stereocenters. The zero-order chi connectivity index (χ0) is 38.2. The molecule has 270 valence electrons. The van der Waals surface area contributed by atoms with Gasteiger partial charge in [0.15, 0.2) is 0 Å². The molecule has 0 radical (unpaired) electrons. The summed E-state index contributed by atoms with van der Waals surface area (Å²) in [6, 6.07) is 83.1. The molecule has 1 nitrogen and oxygen atoms in total. The average molecular weight is 736 g/mol. The standard InChI is InChI=1S/C57H37N/c1-4-17-44(18-5-1)57(45-19-6-2-7-20-45)52-26-14-12-25-50(52)55-51(36-42-16-10-11-23-47(42)56(55)57)43-31-30-38-34-39(28-29-40(38)35-43)41-32-33-49-48-24-13-15-27-53(48)58(54(49)37-41)46-21-8-3-9-22-46/h1-37H. The predicted octanol–water partition coefficient (Wildman–Crippen LogP) is 14.8. The molecule has 0 aliphatic heterocycles. The summed E-state index contributed by atoms with van der Waals surface area (Å²) in [5.41, 5.74) is 15.9. The number of fused-ring (bicyclic) bond motifs is 9. The molecule has 1 aromatic heterocycles. The minimum Gasteiger partial charge on any atom is -0.309 e. The van der Waals surface area contributed by atoms with Gasteiger partial charge in [-0.05, 0) is 120 Å². The molecule has 0 bridgehead atoms. The van der Waals surface area contributed by atoms with Crippen LogP contribution in [0.1, 0.15) is 22.3 Å². The summed E-state index contributed by atoms with van der Waals surface area (Å²) in [5, 5.41) is 7.53. The number of aromatic nitrogens is 1. The quantitative estimate of drug-likeness (QED) is 0.166. The molecule has 0 unspecified atom stereocenters. The number of nitrogens with zero attached hydrogens (tertiary/aromatic N) is 1. The Kier molecular flexibility index (Phi) is 7.21. The van der Waals surface area contributed by atoms with E-state index in [1.54, 1.807) is 0 Å². The minimum absolute atomic E-state index is 0.483. The highest BCUT2D eigenvalue weighted by Gasteiger charge is 2.48. The number of para-hydroxylation sites is 2. The Bertz CT molecular complexity index is 3330. The van der Waals surface area contributed by atoms with Crippen LogP contribution in [0, 0.1) is 0 Å². The fraction of sp³-hybridized carbons (Fsp3) is 0.0175. The van der Waals surface area contributed by atoms with Crippen LogP contribution in [0.2, 0.25) is 0 Å². The summed E-state index contributed by atoms with van der Waals surface area (Å²) >= 11 is 0. The summed E-state index contributed by atoms with van der Waals surface area (Å²) < 4.78 is 2.39. The molecule has 0 fully saturated rings. The van der Waals surface area contributed by atoms with E-state index in [2.05, 4.69) is 229 Å². The molecular weight excluding hydrogens is 699 g/mol. The number of benzene rings is 10. The first kappa shape index (κ1) is 32.7. The lowest BCUT2D eigenvalue weighted by molar-refractivity contribution is 0.775. The van der Waals surface area contributed by atoms with Gasteiger partial charge < -0.3 is 4.57 Å². The molecule has 0 spiro atoms. The largest absolute Gasteiger partial charge is 0.309 e. The highest BCUT2D eigenvalue weighted by atomic mass is 15.0. The van der Waals surface area contributed by atoms with Crippen LogP contribution in [0.5, 0.6) is 0 Å². The van der Waals surface area contributed by atoms with Crippen LogP contribution in [-0.2, 0) is 5.41 Å². The van der Waals surface area contributed by atoms with Crippen molar-refractivity contribution in [3.05, 3.63) is 247 Å². The van der Waals surface area contributed by atoms with E-state index >= 15 is 0 Å². The molecule has 0 saturated heterocycles. The maximum absolute atomic E-state index is 2.42. The van der Waals surface area contributed by atoms with E-state index in [9.17, 15) is 0 Å². The molecule has 1 heteroatoms. The summed E-state index contributed by atoms with van der Waals surface area (Å²) in [4.78, 5) is 0. The van der Waals surface area contributed by atoms with Crippen molar-refractivity contribution in [3.63, 3.8) is 0 Å². The molecule has 0 N–H and O–H groups in total. The lowest BCUT2D eigenvalue weighted by Crippen LogP contribution is -2.28. The molecule has 12 rings (SSSR count). The molecule has 10 aromatic carbocycles. The van der Waals surface area contributed by atoms with Gasteiger partial charge in [-0.15, -0.1) is 0 Å². The van der Waals surface area contributed by atoms with Gasteiger partial charge in [0, 0.05) is 16.5 Å². The molecular formula is C57H37N. The third kappa shape index (κ3) is 4.71. The van der Waals surface area contributed by atoms with Crippen LogP contribution in [0.25, 0.3) is 82.4 Å². The topological polar surface area (TPSA) is 4.93 Å². The Labute approximate surface area is 337 Å². The minimum atomic E-state index is -0.483. The lowest BCUT2D eigenvalue weighted by atomic mass is 9.66. The fourth-order valence-corrected chi connectivity index (χ4v) is 10.1. The van der Waals surface area contributed by atoms with Gasteiger partial charge in [0.05, 0.1) is 16.4 Å². The van der Waals surface area contributed by atoms with Gasteiger partial charge in [-0.1, -0.05) is 182 Å². The van der Waals surface area contributed by atoms with Crippen molar-refractivity contribution >= 4 is 43.4 Å². The van der Waals surface area contributed by atoms with E-state index in [-0.39, 0.29) is 0 Å². The molecule has 1 aliphatic rings. The van der Waals surface area contributed by atoms with E-state index in [1.807, 2.05) is 0 Å². The summed E-state index contributed by atoms with van der Waals surface area (Å²) in [6.45, 7) is 0. The van der Waals surface area contributed by atoms with Crippen molar-refractivity contribution in [1.82, 2.24) is 4.57 Å². The Hall–Kier alpha value is -7.48. The fourth-order valence-electron chi connectivity index (χ4n) is 10.1. The van der Waals surface area contributed by atoms with Gasteiger partial charge in [0.1, 0.15) is 0 Å². The lowest BCUT2D eigenvalue weighted by Gasteiger charge is -2.35. The molecule has 1 heterocycles. The first-order chi connectivity index (χ1) is 28.8. The monoisotopic (exact) mass is 735 g/mol. The first-order valence-corrected chi connectivity index (χ1v) is 20.2. The van der Waals surface area contributed by atoms with Gasteiger partial charge in [0.2, 0.25) is 0 Å². The van der Waals surface area contributed by atoms with Crippen molar-refractivity contribution in [1.29, 1.82) is 0 Å². The van der Waals surface area contributed by atoms with Crippen LogP contribution >= 0.6 is 0 Å². The Morgan fingerprint density at radius 2 is 0.879 bits per heavy atom. The molecule has 0 saturated carbocycles. The third-order valence-electron chi connectivity index (χ3n) is 12.6. The summed E-state index contributed by atoms with van der Waals surface area (Å²) in [7, 11) is 0. The zero-order valence-electron chi connectivity index (χ0n) is 31.8. The Morgan fingerprint density at radius 3 is 1.64 bits per heavy atom. The van der Waals surface area contributed by atoms with E-state index in [4.69, 9.17) is 0 Å². The van der Waals surface area contributed by atoms with Gasteiger partial charge in [0.25, 0.3) is 0 Å². The number of hydrogen-bond donors (Lipinski definition) is 0. The highest BCUT2D eigenvalue weighted by molar-refractivity contribution is 6.11. The summed E-state index contributed by atoms with van der Waals surface area (Å²) in [5.74, 6) is 0. The normalized spacial score (nSPS) is 13.0. The number of rotatable bonds is 5. The Balaban J connectivity index is 1.05. The molecule has 0 amide bonds. The predicted molar refractivity (Wildman–Crippen MR) is 244 cm³/mol. The van der Waals surface area contributed by atoms with Gasteiger partial charge >= 0.3 is 0 Å². The average Bonchev–Trinajstić information content (AvgIpc) is 3.80.